The maximum atomic E-state index is 12.0. The SMILES string of the molecule is COc1cccc(/C=C/C(=O)OCC(=O)Nc2c(C)cccc2[N+](=O)[O-])c1OC. The molecule has 2 aromatic carbocycles. The van der Waals surface area contributed by atoms with E-state index >= 15 is 0 Å². The number of nitro benzene ring substituents is 1. The van der Waals surface area contributed by atoms with Crippen LogP contribution in [0.1, 0.15) is 11.1 Å². The zero-order valence-electron chi connectivity index (χ0n) is 16.1. The van der Waals surface area contributed by atoms with E-state index in [0.717, 1.165) is 6.08 Å². The minimum atomic E-state index is -0.760. The number of amides is 1. The molecule has 0 aliphatic carbocycles. The maximum Gasteiger partial charge on any atom is 0.331 e. The first-order valence-corrected chi connectivity index (χ1v) is 8.47. The predicted molar refractivity (Wildman–Crippen MR) is 106 cm³/mol. The Balaban J connectivity index is 1.99. The molecule has 0 unspecified atom stereocenters. The van der Waals surface area contributed by atoms with Gasteiger partial charge in [0.15, 0.2) is 18.1 Å². The van der Waals surface area contributed by atoms with Gasteiger partial charge in [-0.1, -0.05) is 24.3 Å². The summed E-state index contributed by atoms with van der Waals surface area (Å²) < 4.78 is 15.3. The summed E-state index contributed by atoms with van der Waals surface area (Å²) in [5.41, 5.74) is 0.928. The van der Waals surface area contributed by atoms with E-state index in [0.29, 0.717) is 22.6 Å². The molecule has 0 bridgehead atoms. The summed E-state index contributed by atoms with van der Waals surface area (Å²) in [6.45, 7) is 1.03. The fourth-order valence-corrected chi connectivity index (χ4v) is 2.53. The lowest BCUT2D eigenvalue weighted by Crippen LogP contribution is -2.21. The van der Waals surface area contributed by atoms with Crippen LogP contribution in [0.3, 0.4) is 0 Å². The second kappa shape index (κ2) is 9.88. The molecule has 9 heteroatoms. The van der Waals surface area contributed by atoms with Gasteiger partial charge in [0.1, 0.15) is 5.69 Å². The van der Waals surface area contributed by atoms with Crippen molar-refractivity contribution in [1.82, 2.24) is 0 Å². The fourth-order valence-electron chi connectivity index (χ4n) is 2.53. The van der Waals surface area contributed by atoms with Crippen molar-refractivity contribution >= 4 is 29.3 Å². The number of nitrogens with zero attached hydrogens (tertiary/aromatic N) is 1. The third kappa shape index (κ3) is 5.55. The van der Waals surface area contributed by atoms with Crippen LogP contribution < -0.4 is 14.8 Å². The lowest BCUT2D eigenvalue weighted by Gasteiger charge is -2.10. The first-order valence-electron chi connectivity index (χ1n) is 8.47. The lowest BCUT2D eigenvalue weighted by atomic mass is 10.1. The molecule has 2 aromatic rings. The van der Waals surface area contributed by atoms with Crippen molar-refractivity contribution in [3.63, 3.8) is 0 Å². The number of nitro groups is 1. The van der Waals surface area contributed by atoms with Crippen LogP contribution in [0.2, 0.25) is 0 Å². The van der Waals surface area contributed by atoms with Gasteiger partial charge in [0.05, 0.1) is 19.1 Å². The summed E-state index contributed by atoms with van der Waals surface area (Å²) in [7, 11) is 2.97. The van der Waals surface area contributed by atoms with Crippen LogP contribution in [-0.4, -0.2) is 37.6 Å². The molecular weight excluding hydrogens is 380 g/mol. The van der Waals surface area contributed by atoms with Crippen molar-refractivity contribution in [2.75, 3.05) is 26.1 Å². The molecule has 0 aliphatic rings. The quantitative estimate of drug-likeness (QED) is 0.313. The number of carbonyl (C=O) groups is 2. The number of aryl methyl sites for hydroxylation is 1. The summed E-state index contributed by atoms with van der Waals surface area (Å²) in [5, 5.41) is 13.5. The third-order valence-corrected chi connectivity index (χ3v) is 3.89. The van der Waals surface area contributed by atoms with Crippen molar-refractivity contribution in [3.05, 3.63) is 63.7 Å². The Morgan fingerprint density at radius 2 is 1.86 bits per heavy atom. The van der Waals surface area contributed by atoms with E-state index in [9.17, 15) is 19.7 Å². The number of benzene rings is 2. The number of ether oxygens (including phenoxy) is 3. The van der Waals surface area contributed by atoms with Crippen LogP contribution in [0.4, 0.5) is 11.4 Å². The zero-order valence-corrected chi connectivity index (χ0v) is 16.1. The summed E-state index contributed by atoms with van der Waals surface area (Å²) in [4.78, 5) is 34.4. The summed E-state index contributed by atoms with van der Waals surface area (Å²) in [6, 6.07) is 9.58. The second-order valence-corrected chi connectivity index (χ2v) is 5.80. The Hall–Kier alpha value is -3.88. The van der Waals surface area contributed by atoms with Gasteiger partial charge in [0.25, 0.3) is 11.6 Å². The number of carbonyl (C=O) groups excluding carboxylic acids is 2. The average molecular weight is 400 g/mol. The van der Waals surface area contributed by atoms with E-state index in [1.165, 1.54) is 32.4 Å². The van der Waals surface area contributed by atoms with E-state index < -0.39 is 23.4 Å². The highest BCUT2D eigenvalue weighted by molar-refractivity contribution is 5.97. The van der Waals surface area contributed by atoms with E-state index in [2.05, 4.69) is 5.32 Å². The molecule has 0 radical (unpaired) electrons. The number of esters is 1. The number of methoxy groups -OCH3 is 2. The zero-order chi connectivity index (χ0) is 21.4. The van der Waals surface area contributed by atoms with Crippen LogP contribution in [0.15, 0.2) is 42.5 Å². The first-order chi connectivity index (χ1) is 13.9. The van der Waals surface area contributed by atoms with Crippen molar-refractivity contribution < 1.29 is 28.7 Å². The van der Waals surface area contributed by atoms with Gasteiger partial charge in [-0.2, -0.15) is 0 Å². The van der Waals surface area contributed by atoms with Crippen molar-refractivity contribution in [3.8, 4) is 11.5 Å². The molecule has 0 atom stereocenters. The first kappa shape index (κ1) is 21.4. The monoisotopic (exact) mass is 400 g/mol. The molecule has 0 saturated heterocycles. The van der Waals surface area contributed by atoms with Gasteiger partial charge in [-0.05, 0) is 24.6 Å². The van der Waals surface area contributed by atoms with E-state index in [-0.39, 0.29) is 11.4 Å². The maximum absolute atomic E-state index is 12.0. The molecule has 152 valence electrons. The van der Waals surface area contributed by atoms with Crippen LogP contribution in [0.5, 0.6) is 11.5 Å². The van der Waals surface area contributed by atoms with Gasteiger partial charge in [-0.3, -0.25) is 14.9 Å². The van der Waals surface area contributed by atoms with Crippen molar-refractivity contribution in [2.45, 2.75) is 6.92 Å². The molecule has 1 N–H and O–H groups in total. The standard InChI is InChI=1S/C20H20N2O7/c1-13-6-4-8-15(22(25)26)19(13)21-17(23)12-29-18(24)11-10-14-7-5-9-16(27-2)20(14)28-3/h4-11H,12H2,1-3H3,(H,21,23)/b11-10+. The smallest absolute Gasteiger partial charge is 0.331 e. The molecule has 0 saturated carbocycles. The molecular formula is C20H20N2O7. The molecule has 9 nitrogen and oxygen atoms in total. The molecule has 2 rings (SSSR count). The molecule has 0 aromatic heterocycles. The van der Waals surface area contributed by atoms with Gasteiger partial charge in [0, 0.05) is 17.7 Å². The summed E-state index contributed by atoms with van der Waals surface area (Å²) in [5.74, 6) is -0.502. The minimum absolute atomic E-state index is 0.0650. The number of hydrogen-bond acceptors (Lipinski definition) is 7. The minimum Gasteiger partial charge on any atom is -0.493 e. The highest BCUT2D eigenvalue weighted by atomic mass is 16.6. The number of rotatable bonds is 8. The average Bonchev–Trinajstić information content (AvgIpc) is 2.71. The molecule has 0 spiro atoms. The Morgan fingerprint density at radius 1 is 1.14 bits per heavy atom. The van der Waals surface area contributed by atoms with Crippen LogP contribution in [0.25, 0.3) is 6.08 Å². The van der Waals surface area contributed by atoms with E-state index in [4.69, 9.17) is 14.2 Å². The molecule has 29 heavy (non-hydrogen) atoms. The normalized spacial score (nSPS) is 10.4. The fraction of sp³-hybridized carbons (Fsp3) is 0.200. The number of nitrogens with one attached hydrogen (secondary N) is 1. The molecule has 0 fully saturated rings. The van der Waals surface area contributed by atoms with Gasteiger partial charge in [0.2, 0.25) is 0 Å². The highest BCUT2D eigenvalue weighted by Gasteiger charge is 2.18. The Kier molecular flexibility index (Phi) is 7.30. The molecule has 1 amide bonds. The van der Waals surface area contributed by atoms with Gasteiger partial charge in [-0.25, -0.2) is 4.79 Å². The number of hydrogen-bond donors (Lipinski definition) is 1. The molecule has 0 heterocycles. The second-order valence-electron chi connectivity index (χ2n) is 5.80. The van der Waals surface area contributed by atoms with Crippen LogP contribution >= 0.6 is 0 Å². The van der Waals surface area contributed by atoms with Crippen molar-refractivity contribution in [2.24, 2.45) is 0 Å². The lowest BCUT2D eigenvalue weighted by molar-refractivity contribution is -0.384. The van der Waals surface area contributed by atoms with Gasteiger partial charge >= 0.3 is 5.97 Å². The summed E-state index contributed by atoms with van der Waals surface area (Å²) >= 11 is 0. The van der Waals surface area contributed by atoms with Crippen LogP contribution in [-0.2, 0) is 14.3 Å². The Bertz CT molecular complexity index is 954. The third-order valence-electron chi connectivity index (χ3n) is 3.89. The number of para-hydroxylation sites is 2. The summed E-state index contributed by atoms with van der Waals surface area (Å²) in [6.07, 6.45) is 2.61. The largest absolute Gasteiger partial charge is 0.493 e. The number of anilines is 1. The van der Waals surface area contributed by atoms with Gasteiger partial charge in [-0.15, -0.1) is 0 Å². The highest BCUT2D eigenvalue weighted by Crippen LogP contribution is 2.31. The predicted octanol–water partition coefficient (Wildman–Crippen LogP) is 3.12. The Labute approximate surface area is 167 Å². The van der Waals surface area contributed by atoms with E-state index in [1.807, 2.05) is 0 Å². The topological polar surface area (TPSA) is 117 Å². The Morgan fingerprint density at radius 3 is 2.52 bits per heavy atom. The molecule has 0 aliphatic heterocycles. The van der Waals surface area contributed by atoms with Gasteiger partial charge < -0.3 is 19.5 Å². The van der Waals surface area contributed by atoms with E-state index in [1.54, 1.807) is 31.2 Å². The van der Waals surface area contributed by atoms with Crippen LogP contribution in [0, 0.1) is 17.0 Å². The van der Waals surface area contributed by atoms with Crippen molar-refractivity contribution in [1.29, 1.82) is 0 Å².